The molecule has 1 amide bonds. The SMILES string of the molecule is CCCCCCCCCCCCCCCCSC[C@H](COP(=O)([O-])OCC[N+](C)(C)C)NC(=O)CCCCCCCCCCCCC. The second-order valence-corrected chi connectivity index (χ2v) is 17.4. The van der Waals surface area contributed by atoms with Gasteiger partial charge in [-0.1, -0.05) is 162 Å². The van der Waals surface area contributed by atoms with E-state index >= 15 is 0 Å². The number of unbranched alkanes of at least 4 members (excludes halogenated alkanes) is 23. The Labute approximate surface area is 297 Å². The number of rotatable bonds is 37. The summed E-state index contributed by atoms with van der Waals surface area (Å²) in [5, 5.41) is 3.05. The fourth-order valence-electron chi connectivity index (χ4n) is 5.65. The first-order chi connectivity index (χ1) is 22.6. The number of phosphoric acid groups is 1. The number of nitrogens with one attached hydrogen (secondary N) is 1. The monoisotopic (exact) mass is 707 g/mol. The predicted octanol–water partition coefficient (Wildman–Crippen LogP) is 10.6. The van der Waals surface area contributed by atoms with Gasteiger partial charge in [0.1, 0.15) is 13.2 Å². The summed E-state index contributed by atoms with van der Waals surface area (Å²) in [7, 11) is 1.53. The van der Waals surface area contributed by atoms with Crippen molar-refractivity contribution in [3.8, 4) is 0 Å². The number of carbonyl (C=O) groups is 1. The van der Waals surface area contributed by atoms with E-state index in [2.05, 4.69) is 19.2 Å². The number of carbonyl (C=O) groups excluding carboxylic acids is 1. The van der Waals surface area contributed by atoms with Crippen molar-refractivity contribution >= 4 is 25.5 Å². The first-order valence-electron chi connectivity index (χ1n) is 19.9. The molecule has 0 saturated heterocycles. The molecule has 0 aromatic rings. The van der Waals surface area contributed by atoms with E-state index in [0.29, 0.717) is 23.2 Å². The number of thioether (sulfide) groups is 1. The molecular weight excluding hydrogens is 627 g/mol. The molecule has 1 unspecified atom stereocenters. The van der Waals surface area contributed by atoms with Crippen molar-refractivity contribution in [3.05, 3.63) is 0 Å². The Morgan fingerprint density at radius 2 is 1.06 bits per heavy atom. The Bertz CT molecular complexity index is 737. The van der Waals surface area contributed by atoms with Crippen LogP contribution in [0.15, 0.2) is 0 Å². The van der Waals surface area contributed by atoms with Crippen LogP contribution in [0.4, 0.5) is 0 Å². The Morgan fingerprint density at radius 1 is 0.660 bits per heavy atom. The van der Waals surface area contributed by atoms with Gasteiger partial charge in [0.05, 0.1) is 33.8 Å². The van der Waals surface area contributed by atoms with Gasteiger partial charge in [-0.2, -0.15) is 11.8 Å². The van der Waals surface area contributed by atoms with Crippen molar-refractivity contribution in [3.63, 3.8) is 0 Å². The van der Waals surface area contributed by atoms with Crippen molar-refractivity contribution in [2.75, 3.05) is 52.4 Å². The zero-order chi connectivity index (χ0) is 34.9. The van der Waals surface area contributed by atoms with Gasteiger partial charge in [-0.3, -0.25) is 9.36 Å². The van der Waals surface area contributed by atoms with Crippen LogP contribution in [-0.4, -0.2) is 68.8 Å². The zero-order valence-corrected chi connectivity index (χ0v) is 33.6. The van der Waals surface area contributed by atoms with Gasteiger partial charge in [-0.15, -0.1) is 0 Å². The van der Waals surface area contributed by atoms with Crippen molar-refractivity contribution in [1.29, 1.82) is 0 Å². The molecule has 2 atom stereocenters. The molecule has 9 heteroatoms. The zero-order valence-electron chi connectivity index (χ0n) is 31.8. The molecule has 0 bridgehead atoms. The van der Waals surface area contributed by atoms with Crippen LogP contribution >= 0.6 is 19.6 Å². The largest absolute Gasteiger partial charge is 0.756 e. The normalized spacial score (nSPS) is 13.9. The summed E-state index contributed by atoms with van der Waals surface area (Å²) in [5.74, 6) is 1.64. The highest BCUT2D eigenvalue weighted by Gasteiger charge is 2.18. The highest BCUT2D eigenvalue weighted by atomic mass is 32.2. The lowest BCUT2D eigenvalue weighted by Gasteiger charge is -2.28. The van der Waals surface area contributed by atoms with E-state index in [4.69, 9.17) is 9.05 Å². The van der Waals surface area contributed by atoms with Crippen molar-refractivity contribution in [1.82, 2.24) is 5.32 Å². The molecule has 0 aromatic carbocycles. The third-order valence-corrected chi connectivity index (χ3v) is 11.0. The van der Waals surface area contributed by atoms with E-state index in [9.17, 15) is 14.3 Å². The summed E-state index contributed by atoms with van der Waals surface area (Å²) >= 11 is 1.78. The van der Waals surface area contributed by atoms with Gasteiger partial charge in [-0.25, -0.2) is 0 Å². The van der Waals surface area contributed by atoms with E-state index < -0.39 is 7.82 Å². The lowest BCUT2D eigenvalue weighted by molar-refractivity contribution is -0.870. The van der Waals surface area contributed by atoms with E-state index in [-0.39, 0.29) is 25.2 Å². The van der Waals surface area contributed by atoms with Crippen molar-refractivity contribution < 1.29 is 27.8 Å². The van der Waals surface area contributed by atoms with Crippen LogP contribution in [0.3, 0.4) is 0 Å². The van der Waals surface area contributed by atoms with Crippen molar-refractivity contribution in [2.45, 2.75) is 187 Å². The van der Waals surface area contributed by atoms with Crippen LogP contribution in [-0.2, 0) is 18.4 Å². The second kappa shape index (κ2) is 33.1. The fraction of sp³-hybridized carbons (Fsp3) is 0.974. The van der Waals surface area contributed by atoms with Gasteiger partial charge in [0.2, 0.25) is 5.91 Å². The molecule has 0 fully saturated rings. The molecule has 0 aliphatic rings. The molecule has 47 heavy (non-hydrogen) atoms. The van der Waals surface area contributed by atoms with Gasteiger partial charge in [0, 0.05) is 12.2 Å². The highest BCUT2D eigenvalue weighted by molar-refractivity contribution is 7.99. The Kier molecular flexibility index (Phi) is 33.0. The summed E-state index contributed by atoms with van der Waals surface area (Å²) in [6.07, 6.45) is 33.0. The Morgan fingerprint density at radius 3 is 1.49 bits per heavy atom. The fourth-order valence-corrected chi connectivity index (χ4v) is 7.43. The number of amides is 1. The summed E-state index contributed by atoms with van der Waals surface area (Å²) in [5.41, 5.74) is 0. The van der Waals surface area contributed by atoms with Gasteiger partial charge in [-0.05, 0) is 18.6 Å². The van der Waals surface area contributed by atoms with E-state index in [1.54, 1.807) is 11.8 Å². The standard InChI is InChI=1S/C38H79N2O5PS/c1-6-8-10-12-14-16-18-19-20-22-24-26-28-30-34-47-36-37(35-45-46(42,43)44-33-32-40(3,4)5)39-38(41)31-29-27-25-23-21-17-15-13-11-9-7-2/h37H,6-36H2,1-5H3,(H-,39,41,42,43)/t37-/m0/s1. The predicted molar refractivity (Wildman–Crippen MR) is 203 cm³/mol. The molecule has 0 aliphatic heterocycles. The van der Waals surface area contributed by atoms with Crippen molar-refractivity contribution in [2.24, 2.45) is 0 Å². The molecule has 0 aliphatic carbocycles. The van der Waals surface area contributed by atoms with Gasteiger partial charge in [0.25, 0.3) is 7.82 Å². The smallest absolute Gasteiger partial charge is 0.268 e. The number of nitrogens with zero attached hydrogens (tertiary/aromatic N) is 1. The van der Waals surface area contributed by atoms with Crippen LogP contribution in [0.1, 0.15) is 181 Å². The molecule has 0 spiro atoms. The minimum atomic E-state index is -4.42. The lowest BCUT2D eigenvalue weighted by Crippen LogP contribution is -2.40. The molecular formula is C38H79N2O5PS. The first kappa shape index (κ1) is 46.9. The summed E-state index contributed by atoms with van der Waals surface area (Å²) in [6, 6.07) is -0.351. The summed E-state index contributed by atoms with van der Waals surface area (Å²) in [6.45, 7) is 5.08. The topological polar surface area (TPSA) is 87.7 Å². The highest BCUT2D eigenvalue weighted by Crippen LogP contribution is 2.38. The third-order valence-electron chi connectivity index (χ3n) is 8.78. The van der Waals surface area contributed by atoms with E-state index in [1.165, 1.54) is 141 Å². The van der Waals surface area contributed by atoms with E-state index in [0.717, 1.165) is 25.0 Å². The lowest BCUT2D eigenvalue weighted by atomic mass is 10.0. The molecule has 0 saturated carbocycles. The van der Waals surface area contributed by atoms with Crippen LogP contribution < -0.4 is 10.2 Å². The molecule has 1 N–H and O–H groups in total. The maximum atomic E-state index is 12.7. The maximum Gasteiger partial charge on any atom is 0.268 e. The maximum absolute atomic E-state index is 12.7. The van der Waals surface area contributed by atoms with Crippen LogP contribution in [0, 0.1) is 0 Å². The minimum Gasteiger partial charge on any atom is -0.756 e. The molecule has 282 valence electrons. The number of hydrogen-bond acceptors (Lipinski definition) is 6. The average molecular weight is 707 g/mol. The van der Waals surface area contributed by atoms with Gasteiger partial charge >= 0.3 is 0 Å². The second-order valence-electron chi connectivity index (χ2n) is 14.8. The molecule has 0 rings (SSSR count). The van der Waals surface area contributed by atoms with Crippen LogP contribution in [0.2, 0.25) is 0 Å². The molecule has 0 aromatic heterocycles. The van der Waals surface area contributed by atoms with E-state index in [1.807, 2.05) is 21.1 Å². The third kappa shape index (κ3) is 37.0. The number of hydrogen-bond donors (Lipinski definition) is 1. The number of quaternary nitrogens is 1. The van der Waals surface area contributed by atoms with Gasteiger partial charge < -0.3 is 23.7 Å². The average Bonchev–Trinajstić information content (AvgIpc) is 3.01. The van der Waals surface area contributed by atoms with Crippen LogP contribution in [0.25, 0.3) is 0 Å². The summed E-state index contributed by atoms with van der Waals surface area (Å²) in [4.78, 5) is 25.1. The number of phosphoric ester groups is 1. The van der Waals surface area contributed by atoms with Crippen LogP contribution in [0.5, 0.6) is 0 Å². The Balaban J connectivity index is 4.24. The number of likely N-dealkylation sites (N-methyl/N-ethyl adjacent to an activating group) is 1. The minimum absolute atomic E-state index is 0.0155. The van der Waals surface area contributed by atoms with Gasteiger partial charge in [0.15, 0.2) is 0 Å². The molecule has 0 radical (unpaired) electrons. The Hall–Kier alpha value is -0.110. The quantitative estimate of drug-likeness (QED) is 0.0393. The molecule has 7 nitrogen and oxygen atoms in total. The first-order valence-corrected chi connectivity index (χ1v) is 22.5. The molecule has 0 heterocycles. The summed E-state index contributed by atoms with van der Waals surface area (Å²) < 4.78 is 23.3.